The molecule has 24 heavy (non-hydrogen) atoms. The molecular weight excluding hydrogens is 300 g/mol. The predicted molar refractivity (Wildman–Crippen MR) is 95.7 cm³/mol. The maximum absolute atomic E-state index is 12.4. The highest BCUT2D eigenvalue weighted by molar-refractivity contribution is 6.10. The Morgan fingerprint density at radius 1 is 1.25 bits per heavy atom. The Morgan fingerprint density at radius 3 is 2.71 bits per heavy atom. The predicted octanol–water partition coefficient (Wildman–Crippen LogP) is 4.25. The van der Waals surface area contributed by atoms with Crippen molar-refractivity contribution in [3.8, 4) is 11.8 Å². The van der Waals surface area contributed by atoms with E-state index in [9.17, 15) is 10.1 Å². The van der Waals surface area contributed by atoms with Crippen LogP contribution in [-0.4, -0.2) is 12.5 Å². The molecule has 0 saturated heterocycles. The number of rotatable bonds is 5. The maximum Gasteiger partial charge on any atom is 0.266 e. The van der Waals surface area contributed by atoms with Gasteiger partial charge in [0.05, 0.1) is 12.3 Å². The number of nitrogens with zero attached hydrogens (tertiary/aromatic N) is 1. The zero-order valence-corrected chi connectivity index (χ0v) is 14.1. The molecule has 0 fully saturated rings. The third-order valence-corrected chi connectivity index (χ3v) is 3.53. The zero-order valence-electron chi connectivity index (χ0n) is 14.1. The quantitative estimate of drug-likeness (QED) is 0.662. The summed E-state index contributed by atoms with van der Waals surface area (Å²) in [5.41, 5.74) is 3.54. The summed E-state index contributed by atoms with van der Waals surface area (Å²) in [6.45, 7) is 6.29. The van der Waals surface area contributed by atoms with Crippen molar-refractivity contribution in [3.63, 3.8) is 0 Å². The first-order valence-electron chi connectivity index (χ1n) is 7.77. The summed E-state index contributed by atoms with van der Waals surface area (Å²) in [6.07, 6.45) is 1.61. The van der Waals surface area contributed by atoms with E-state index in [0.29, 0.717) is 18.0 Å². The van der Waals surface area contributed by atoms with Crippen LogP contribution in [0.5, 0.6) is 5.75 Å². The van der Waals surface area contributed by atoms with E-state index in [4.69, 9.17) is 4.74 Å². The van der Waals surface area contributed by atoms with Gasteiger partial charge in [0, 0.05) is 0 Å². The summed E-state index contributed by atoms with van der Waals surface area (Å²) in [6, 6.07) is 15.1. The minimum atomic E-state index is -0.453. The van der Waals surface area contributed by atoms with Gasteiger partial charge in [0.1, 0.15) is 17.4 Å². The standard InChI is InChI=1S/C20H20N2O2/c1-4-24-19-8-6-5-7-18(19)22-20(23)17(13-21)12-16-11-14(2)9-10-15(16)3/h5-12H,4H2,1-3H3,(H,22,23)/b17-12+. The van der Waals surface area contributed by atoms with E-state index in [0.717, 1.165) is 16.7 Å². The minimum Gasteiger partial charge on any atom is -0.492 e. The lowest BCUT2D eigenvalue weighted by atomic mass is 10.0. The highest BCUT2D eigenvalue weighted by Crippen LogP contribution is 2.24. The van der Waals surface area contributed by atoms with Crippen molar-refractivity contribution in [2.75, 3.05) is 11.9 Å². The molecule has 1 N–H and O–H groups in total. The number of nitriles is 1. The average Bonchev–Trinajstić information content (AvgIpc) is 2.57. The molecule has 0 atom stereocenters. The number of para-hydroxylation sites is 2. The molecule has 0 heterocycles. The Bertz CT molecular complexity index is 817. The topological polar surface area (TPSA) is 62.1 Å². The van der Waals surface area contributed by atoms with Gasteiger partial charge in [-0.1, -0.05) is 35.9 Å². The maximum atomic E-state index is 12.4. The van der Waals surface area contributed by atoms with Crippen LogP contribution in [0.2, 0.25) is 0 Å². The summed E-state index contributed by atoms with van der Waals surface area (Å²) < 4.78 is 5.49. The van der Waals surface area contributed by atoms with E-state index < -0.39 is 5.91 Å². The number of ether oxygens (including phenoxy) is 1. The lowest BCUT2D eigenvalue weighted by molar-refractivity contribution is -0.112. The van der Waals surface area contributed by atoms with E-state index in [1.807, 2.05) is 51.1 Å². The molecule has 0 bridgehead atoms. The zero-order chi connectivity index (χ0) is 17.5. The largest absolute Gasteiger partial charge is 0.492 e. The fourth-order valence-electron chi connectivity index (χ4n) is 2.26. The molecule has 0 spiro atoms. The third kappa shape index (κ3) is 4.23. The molecule has 122 valence electrons. The summed E-state index contributed by atoms with van der Waals surface area (Å²) in [4.78, 5) is 12.4. The Kier molecular flexibility index (Phi) is 5.75. The van der Waals surface area contributed by atoms with E-state index >= 15 is 0 Å². The molecule has 0 aromatic heterocycles. The SMILES string of the molecule is CCOc1ccccc1NC(=O)/C(C#N)=C/c1cc(C)ccc1C. The second kappa shape index (κ2) is 7.98. The van der Waals surface area contributed by atoms with Crippen molar-refractivity contribution in [1.82, 2.24) is 0 Å². The van der Waals surface area contributed by atoms with Crippen molar-refractivity contribution in [2.24, 2.45) is 0 Å². The number of carbonyl (C=O) groups excluding carboxylic acids is 1. The molecular formula is C20H20N2O2. The number of hydrogen-bond donors (Lipinski definition) is 1. The molecule has 2 rings (SSSR count). The van der Waals surface area contributed by atoms with Crippen LogP contribution >= 0.6 is 0 Å². The first-order valence-corrected chi connectivity index (χ1v) is 7.77. The highest BCUT2D eigenvalue weighted by atomic mass is 16.5. The number of aryl methyl sites for hydroxylation is 2. The first kappa shape index (κ1) is 17.3. The monoisotopic (exact) mass is 320 g/mol. The van der Waals surface area contributed by atoms with Crippen LogP contribution in [0.15, 0.2) is 48.0 Å². The van der Waals surface area contributed by atoms with Gasteiger partial charge in [0.2, 0.25) is 0 Å². The van der Waals surface area contributed by atoms with E-state index in [1.54, 1.807) is 24.3 Å². The second-order valence-electron chi connectivity index (χ2n) is 5.41. The summed E-state index contributed by atoms with van der Waals surface area (Å²) >= 11 is 0. The normalized spacial score (nSPS) is 10.8. The highest BCUT2D eigenvalue weighted by Gasteiger charge is 2.12. The molecule has 4 heteroatoms. The number of benzene rings is 2. The Labute approximate surface area is 142 Å². The van der Waals surface area contributed by atoms with Crippen molar-refractivity contribution in [1.29, 1.82) is 5.26 Å². The van der Waals surface area contributed by atoms with Gasteiger partial charge in [-0.05, 0) is 50.1 Å². The minimum absolute atomic E-state index is 0.0509. The third-order valence-electron chi connectivity index (χ3n) is 3.53. The first-order chi connectivity index (χ1) is 11.5. The van der Waals surface area contributed by atoms with Crippen molar-refractivity contribution in [3.05, 3.63) is 64.7 Å². The van der Waals surface area contributed by atoms with E-state index in [1.165, 1.54) is 0 Å². The second-order valence-corrected chi connectivity index (χ2v) is 5.41. The molecule has 4 nitrogen and oxygen atoms in total. The molecule has 0 aliphatic carbocycles. The van der Waals surface area contributed by atoms with Crippen LogP contribution in [-0.2, 0) is 4.79 Å². The van der Waals surface area contributed by atoms with Gasteiger partial charge in [-0.15, -0.1) is 0 Å². The number of nitrogens with one attached hydrogen (secondary N) is 1. The van der Waals surface area contributed by atoms with Gasteiger partial charge < -0.3 is 10.1 Å². The molecule has 2 aromatic carbocycles. The summed E-state index contributed by atoms with van der Waals surface area (Å²) in [7, 11) is 0. The average molecular weight is 320 g/mol. The fraction of sp³-hybridized carbons (Fsp3) is 0.200. The van der Waals surface area contributed by atoms with Crippen LogP contribution in [0.4, 0.5) is 5.69 Å². The molecule has 0 saturated carbocycles. The van der Waals surface area contributed by atoms with Crippen molar-refractivity contribution in [2.45, 2.75) is 20.8 Å². The lowest BCUT2D eigenvalue weighted by Gasteiger charge is -2.11. The molecule has 0 aliphatic heterocycles. The van der Waals surface area contributed by atoms with Gasteiger partial charge in [-0.2, -0.15) is 5.26 Å². The van der Waals surface area contributed by atoms with Crippen LogP contribution in [0.1, 0.15) is 23.6 Å². The Morgan fingerprint density at radius 2 is 2.00 bits per heavy atom. The van der Waals surface area contributed by atoms with Crippen LogP contribution in [0.3, 0.4) is 0 Å². The van der Waals surface area contributed by atoms with E-state index in [-0.39, 0.29) is 5.57 Å². The number of amides is 1. The van der Waals surface area contributed by atoms with Crippen molar-refractivity contribution >= 4 is 17.7 Å². The van der Waals surface area contributed by atoms with Gasteiger partial charge >= 0.3 is 0 Å². The van der Waals surface area contributed by atoms with Gasteiger partial charge in [0.15, 0.2) is 0 Å². The number of anilines is 1. The Hall–Kier alpha value is -3.06. The van der Waals surface area contributed by atoms with Gasteiger partial charge in [-0.3, -0.25) is 4.79 Å². The van der Waals surface area contributed by atoms with Crippen LogP contribution in [0, 0.1) is 25.2 Å². The smallest absolute Gasteiger partial charge is 0.266 e. The van der Waals surface area contributed by atoms with Crippen LogP contribution < -0.4 is 10.1 Å². The number of carbonyl (C=O) groups is 1. The molecule has 0 radical (unpaired) electrons. The summed E-state index contributed by atoms with van der Waals surface area (Å²) in [5, 5.41) is 12.1. The molecule has 1 amide bonds. The Balaban J connectivity index is 2.29. The van der Waals surface area contributed by atoms with E-state index in [2.05, 4.69) is 5.32 Å². The lowest BCUT2D eigenvalue weighted by Crippen LogP contribution is -2.14. The fourth-order valence-corrected chi connectivity index (χ4v) is 2.26. The van der Waals surface area contributed by atoms with Gasteiger partial charge in [0.25, 0.3) is 5.91 Å². The molecule has 2 aromatic rings. The molecule has 0 unspecified atom stereocenters. The summed E-state index contributed by atoms with van der Waals surface area (Å²) in [5.74, 6) is 0.128. The van der Waals surface area contributed by atoms with Gasteiger partial charge in [-0.25, -0.2) is 0 Å². The number of hydrogen-bond acceptors (Lipinski definition) is 3. The van der Waals surface area contributed by atoms with Crippen LogP contribution in [0.25, 0.3) is 6.08 Å². The molecule has 0 aliphatic rings. The van der Waals surface area contributed by atoms with Crippen molar-refractivity contribution < 1.29 is 9.53 Å².